The maximum absolute atomic E-state index is 12.2. The van der Waals surface area contributed by atoms with Crippen LogP contribution in [0.2, 0.25) is 5.02 Å². The summed E-state index contributed by atoms with van der Waals surface area (Å²) >= 11 is 6.12. The first-order chi connectivity index (χ1) is 12.2. The molecule has 5 nitrogen and oxygen atoms in total. The second-order valence-corrected chi connectivity index (χ2v) is 7.16. The molecule has 1 N–H and O–H groups in total. The predicted molar refractivity (Wildman–Crippen MR) is 98.7 cm³/mol. The highest BCUT2D eigenvalue weighted by Crippen LogP contribution is 2.26. The fourth-order valence-electron chi connectivity index (χ4n) is 3.40. The number of aryl methyl sites for hydroxylation is 1. The van der Waals surface area contributed by atoms with Crippen LogP contribution in [-0.2, 0) is 13.0 Å². The van der Waals surface area contributed by atoms with E-state index < -0.39 is 0 Å². The maximum Gasteiger partial charge on any atom is 0.273 e. The number of hydrogen-bond donors (Lipinski definition) is 1. The van der Waals surface area contributed by atoms with E-state index in [2.05, 4.69) is 15.6 Å². The van der Waals surface area contributed by atoms with Gasteiger partial charge in [-0.05, 0) is 30.4 Å². The molecule has 6 heteroatoms. The molecule has 0 radical (unpaired) electrons. The van der Waals surface area contributed by atoms with E-state index in [1.54, 1.807) is 10.9 Å². The molecule has 1 aliphatic carbocycles. The van der Waals surface area contributed by atoms with Crippen LogP contribution in [0.1, 0.15) is 54.6 Å². The lowest BCUT2D eigenvalue weighted by molar-refractivity contribution is 0.0949. The van der Waals surface area contributed by atoms with Gasteiger partial charge in [-0.3, -0.25) is 9.48 Å². The Labute approximate surface area is 153 Å². The molecule has 1 aromatic heterocycles. The summed E-state index contributed by atoms with van der Waals surface area (Å²) in [6.45, 7) is 1.36. The van der Waals surface area contributed by atoms with Gasteiger partial charge in [-0.15, -0.1) is 5.10 Å². The third-order valence-corrected chi connectivity index (χ3v) is 5.27. The Kier molecular flexibility index (Phi) is 6.45. The van der Waals surface area contributed by atoms with Crippen molar-refractivity contribution in [3.8, 4) is 0 Å². The molecular formula is C19H25ClN4O. The average Bonchev–Trinajstić information content (AvgIpc) is 3.11. The van der Waals surface area contributed by atoms with Crippen molar-refractivity contribution in [2.24, 2.45) is 5.92 Å². The highest BCUT2D eigenvalue weighted by atomic mass is 35.5. The van der Waals surface area contributed by atoms with Gasteiger partial charge in [0.2, 0.25) is 0 Å². The Hall–Kier alpha value is -1.88. The Morgan fingerprint density at radius 3 is 2.84 bits per heavy atom. The number of hydrogen-bond acceptors (Lipinski definition) is 3. The van der Waals surface area contributed by atoms with Crippen LogP contribution in [0.5, 0.6) is 0 Å². The maximum atomic E-state index is 12.2. The number of rotatable bonds is 7. The molecule has 1 aromatic carbocycles. The van der Waals surface area contributed by atoms with Crippen molar-refractivity contribution < 1.29 is 4.79 Å². The molecule has 1 fully saturated rings. The smallest absolute Gasteiger partial charge is 0.273 e. The molecule has 3 rings (SSSR count). The van der Waals surface area contributed by atoms with E-state index in [-0.39, 0.29) is 5.91 Å². The zero-order valence-corrected chi connectivity index (χ0v) is 15.2. The first kappa shape index (κ1) is 17.9. The van der Waals surface area contributed by atoms with Crippen LogP contribution in [-0.4, -0.2) is 27.4 Å². The van der Waals surface area contributed by atoms with Gasteiger partial charge in [0, 0.05) is 18.1 Å². The van der Waals surface area contributed by atoms with Gasteiger partial charge in [-0.25, -0.2) is 0 Å². The topological polar surface area (TPSA) is 59.8 Å². The first-order valence-corrected chi connectivity index (χ1v) is 9.52. The zero-order valence-electron chi connectivity index (χ0n) is 14.5. The van der Waals surface area contributed by atoms with E-state index in [0.717, 1.165) is 29.5 Å². The lowest BCUT2D eigenvalue weighted by atomic mass is 9.87. The molecule has 0 unspecified atom stereocenters. The molecule has 25 heavy (non-hydrogen) atoms. The van der Waals surface area contributed by atoms with E-state index in [4.69, 9.17) is 11.6 Å². The minimum Gasteiger partial charge on any atom is -0.350 e. The third-order valence-electron chi connectivity index (χ3n) is 4.90. The molecule has 1 heterocycles. The second-order valence-electron chi connectivity index (χ2n) is 6.76. The van der Waals surface area contributed by atoms with Gasteiger partial charge in [0.05, 0.1) is 6.20 Å². The van der Waals surface area contributed by atoms with Crippen molar-refractivity contribution in [1.82, 2.24) is 20.3 Å². The number of amides is 1. The van der Waals surface area contributed by atoms with Crippen LogP contribution in [0.25, 0.3) is 0 Å². The van der Waals surface area contributed by atoms with Crippen LogP contribution < -0.4 is 5.32 Å². The zero-order chi connectivity index (χ0) is 17.5. The largest absolute Gasteiger partial charge is 0.350 e. The molecule has 1 amide bonds. The Morgan fingerprint density at radius 1 is 1.24 bits per heavy atom. The number of nitrogens with one attached hydrogen (secondary N) is 1. The van der Waals surface area contributed by atoms with Crippen LogP contribution in [0, 0.1) is 5.92 Å². The van der Waals surface area contributed by atoms with E-state index >= 15 is 0 Å². The second kappa shape index (κ2) is 8.99. The number of halogens is 1. The molecular weight excluding hydrogens is 336 g/mol. The molecule has 0 saturated heterocycles. The highest BCUT2D eigenvalue weighted by Gasteiger charge is 2.15. The molecule has 1 aliphatic rings. The van der Waals surface area contributed by atoms with Gasteiger partial charge in [0.15, 0.2) is 5.69 Å². The minimum atomic E-state index is -0.184. The number of aromatic nitrogens is 3. The Morgan fingerprint density at radius 2 is 2.04 bits per heavy atom. The quantitative estimate of drug-likeness (QED) is 0.815. The molecule has 134 valence electrons. The summed E-state index contributed by atoms with van der Waals surface area (Å²) in [4.78, 5) is 12.2. The van der Waals surface area contributed by atoms with Crippen molar-refractivity contribution in [2.75, 3.05) is 6.54 Å². The van der Waals surface area contributed by atoms with Crippen molar-refractivity contribution in [3.05, 3.63) is 46.7 Å². The number of carbonyl (C=O) groups is 1. The van der Waals surface area contributed by atoms with E-state index in [9.17, 15) is 4.79 Å². The summed E-state index contributed by atoms with van der Waals surface area (Å²) in [6.07, 6.45) is 10.3. The van der Waals surface area contributed by atoms with Crippen molar-refractivity contribution in [1.29, 1.82) is 0 Å². The van der Waals surface area contributed by atoms with Crippen LogP contribution in [0.4, 0.5) is 0 Å². The summed E-state index contributed by atoms with van der Waals surface area (Å²) < 4.78 is 1.79. The molecule has 0 spiro atoms. The normalized spacial score (nSPS) is 15.2. The van der Waals surface area contributed by atoms with Crippen LogP contribution >= 0.6 is 11.6 Å². The van der Waals surface area contributed by atoms with Crippen molar-refractivity contribution in [2.45, 2.75) is 51.5 Å². The fourth-order valence-corrected chi connectivity index (χ4v) is 3.64. The first-order valence-electron chi connectivity index (χ1n) is 9.14. The monoisotopic (exact) mass is 360 g/mol. The minimum absolute atomic E-state index is 0.184. The molecule has 2 aromatic rings. The SMILES string of the molecule is O=C(NCCc1ccccc1Cl)c1cn(CCC2CCCCC2)nn1. The van der Waals surface area contributed by atoms with Gasteiger partial charge in [0.1, 0.15) is 0 Å². The van der Waals surface area contributed by atoms with Crippen molar-refractivity contribution in [3.63, 3.8) is 0 Å². The summed E-state index contributed by atoms with van der Waals surface area (Å²) in [5.41, 5.74) is 1.41. The lowest BCUT2D eigenvalue weighted by Gasteiger charge is -2.20. The third kappa shape index (κ3) is 5.30. The standard InChI is InChI=1S/C19H25ClN4O/c20-17-9-5-4-8-16(17)10-12-21-19(25)18-14-24(23-22-18)13-11-15-6-2-1-3-7-15/h4-5,8-9,14-15H,1-3,6-7,10-13H2,(H,21,25). The van der Waals surface area contributed by atoms with Crippen LogP contribution in [0.15, 0.2) is 30.5 Å². The van der Waals surface area contributed by atoms with E-state index in [1.165, 1.54) is 32.1 Å². The average molecular weight is 361 g/mol. The lowest BCUT2D eigenvalue weighted by Crippen LogP contribution is -2.26. The highest BCUT2D eigenvalue weighted by molar-refractivity contribution is 6.31. The summed E-state index contributed by atoms with van der Waals surface area (Å²) in [5.74, 6) is 0.613. The summed E-state index contributed by atoms with van der Waals surface area (Å²) in [7, 11) is 0. The molecule has 1 saturated carbocycles. The van der Waals surface area contributed by atoms with E-state index in [0.29, 0.717) is 18.7 Å². The van der Waals surface area contributed by atoms with Crippen LogP contribution in [0.3, 0.4) is 0 Å². The van der Waals surface area contributed by atoms with Gasteiger partial charge >= 0.3 is 0 Å². The van der Waals surface area contributed by atoms with Gasteiger partial charge in [-0.1, -0.05) is 67.1 Å². The summed E-state index contributed by atoms with van der Waals surface area (Å²) in [6, 6.07) is 7.67. The van der Waals surface area contributed by atoms with Gasteiger partial charge < -0.3 is 5.32 Å². The van der Waals surface area contributed by atoms with Crippen molar-refractivity contribution >= 4 is 17.5 Å². The number of benzene rings is 1. The molecule has 0 aliphatic heterocycles. The summed E-state index contributed by atoms with van der Waals surface area (Å²) in [5, 5.41) is 11.7. The molecule has 0 bridgehead atoms. The van der Waals surface area contributed by atoms with Gasteiger partial charge in [0.25, 0.3) is 5.91 Å². The number of nitrogens with zero attached hydrogens (tertiary/aromatic N) is 3. The Balaban J connectivity index is 1.43. The molecule has 0 atom stereocenters. The number of carbonyl (C=O) groups excluding carboxylic acids is 1. The van der Waals surface area contributed by atoms with E-state index in [1.807, 2.05) is 24.3 Å². The Bertz CT molecular complexity index is 694. The fraction of sp³-hybridized carbons (Fsp3) is 0.526. The van der Waals surface area contributed by atoms with Gasteiger partial charge in [-0.2, -0.15) is 0 Å². The predicted octanol–water partition coefficient (Wildman–Crippen LogP) is 3.87.